The van der Waals surface area contributed by atoms with Crippen molar-refractivity contribution >= 4 is 0 Å². The van der Waals surface area contributed by atoms with Crippen LogP contribution in [0.5, 0.6) is 11.5 Å². The number of methoxy groups -OCH3 is 1. The number of aryl methyl sites for hydroxylation is 1. The monoisotopic (exact) mass is 289 g/mol. The number of hydrogen-bond donors (Lipinski definition) is 1. The molecule has 0 saturated carbocycles. The van der Waals surface area contributed by atoms with Crippen molar-refractivity contribution in [1.29, 1.82) is 0 Å². The van der Waals surface area contributed by atoms with Crippen molar-refractivity contribution in [3.8, 4) is 11.5 Å². The van der Waals surface area contributed by atoms with Gasteiger partial charge >= 0.3 is 0 Å². The van der Waals surface area contributed by atoms with Crippen LogP contribution in [0.4, 0.5) is 0 Å². The second kappa shape index (κ2) is 7.18. The molecular weight excluding hydrogens is 266 g/mol. The van der Waals surface area contributed by atoms with E-state index in [0.717, 1.165) is 34.9 Å². The summed E-state index contributed by atoms with van der Waals surface area (Å²) in [6.45, 7) is 7.43. The molecule has 0 aliphatic heterocycles. The number of rotatable bonds is 7. The largest absolute Gasteiger partial charge is 0.493 e. The minimum atomic E-state index is 0.390. The molecule has 0 bridgehead atoms. The summed E-state index contributed by atoms with van der Waals surface area (Å²) < 4.78 is 16.7. The molecule has 1 aromatic heterocycles. The molecule has 114 valence electrons. The van der Waals surface area contributed by atoms with Crippen LogP contribution in [-0.2, 0) is 13.2 Å². The van der Waals surface area contributed by atoms with E-state index in [0.29, 0.717) is 12.6 Å². The van der Waals surface area contributed by atoms with Crippen molar-refractivity contribution < 1.29 is 13.9 Å². The second-order valence-corrected chi connectivity index (χ2v) is 5.35. The highest BCUT2D eigenvalue weighted by Gasteiger charge is 2.10. The summed E-state index contributed by atoms with van der Waals surface area (Å²) in [5.74, 6) is 2.30. The normalized spacial score (nSPS) is 10.9. The summed E-state index contributed by atoms with van der Waals surface area (Å²) in [6.07, 6.45) is 1.70. The molecule has 0 aliphatic carbocycles. The standard InChI is InChI=1S/C17H23NO3/c1-12(2)18-10-14-7-8-20-17(14)11-21-15-6-5-13(3)9-16(15)19-4/h5-9,12,18H,10-11H2,1-4H3. The Hall–Kier alpha value is -1.94. The first-order valence-electron chi connectivity index (χ1n) is 7.16. The van der Waals surface area contributed by atoms with Gasteiger partial charge in [0.25, 0.3) is 0 Å². The van der Waals surface area contributed by atoms with Gasteiger partial charge in [0.2, 0.25) is 0 Å². The molecular formula is C17H23NO3. The minimum Gasteiger partial charge on any atom is -0.493 e. The molecule has 0 saturated heterocycles. The first-order valence-corrected chi connectivity index (χ1v) is 7.16. The molecule has 0 spiro atoms. The van der Waals surface area contributed by atoms with Gasteiger partial charge in [0.15, 0.2) is 11.5 Å². The highest BCUT2D eigenvalue weighted by Crippen LogP contribution is 2.28. The number of hydrogen-bond acceptors (Lipinski definition) is 4. The molecule has 1 N–H and O–H groups in total. The fourth-order valence-corrected chi connectivity index (χ4v) is 2.00. The maximum absolute atomic E-state index is 5.83. The van der Waals surface area contributed by atoms with Gasteiger partial charge in [0, 0.05) is 18.2 Å². The first-order chi connectivity index (χ1) is 10.1. The molecule has 4 nitrogen and oxygen atoms in total. The van der Waals surface area contributed by atoms with E-state index in [2.05, 4.69) is 19.2 Å². The molecule has 0 fully saturated rings. The lowest BCUT2D eigenvalue weighted by atomic mass is 10.2. The first kappa shape index (κ1) is 15.4. The van der Waals surface area contributed by atoms with E-state index in [-0.39, 0.29) is 0 Å². The zero-order valence-corrected chi connectivity index (χ0v) is 13.1. The summed E-state index contributed by atoms with van der Waals surface area (Å²) >= 11 is 0. The highest BCUT2D eigenvalue weighted by atomic mass is 16.5. The molecule has 1 heterocycles. The van der Waals surface area contributed by atoms with Crippen molar-refractivity contribution in [1.82, 2.24) is 5.32 Å². The lowest BCUT2D eigenvalue weighted by Crippen LogP contribution is -2.22. The van der Waals surface area contributed by atoms with E-state index >= 15 is 0 Å². The van der Waals surface area contributed by atoms with Crippen LogP contribution in [0.2, 0.25) is 0 Å². The summed E-state index contributed by atoms with van der Waals surface area (Å²) in [5.41, 5.74) is 2.26. The van der Waals surface area contributed by atoms with Gasteiger partial charge < -0.3 is 19.2 Å². The fourth-order valence-electron chi connectivity index (χ4n) is 2.00. The summed E-state index contributed by atoms with van der Waals surface area (Å²) in [5, 5.41) is 3.38. The molecule has 0 aliphatic rings. The topological polar surface area (TPSA) is 43.6 Å². The number of benzene rings is 1. The van der Waals surface area contributed by atoms with Crippen molar-refractivity contribution in [3.63, 3.8) is 0 Å². The third kappa shape index (κ3) is 4.26. The van der Waals surface area contributed by atoms with Gasteiger partial charge in [-0.15, -0.1) is 0 Å². The van der Waals surface area contributed by atoms with Gasteiger partial charge in [-0.1, -0.05) is 19.9 Å². The van der Waals surface area contributed by atoms with E-state index in [1.54, 1.807) is 13.4 Å². The third-order valence-corrected chi connectivity index (χ3v) is 3.22. The van der Waals surface area contributed by atoms with Crippen LogP contribution in [0.15, 0.2) is 34.9 Å². The molecule has 2 rings (SSSR count). The van der Waals surface area contributed by atoms with E-state index in [4.69, 9.17) is 13.9 Å². The van der Waals surface area contributed by atoms with Crippen molar-refractivity contribution in [2.24, 2.45) is 0 Å². The summed E-state index contributed by atoms with van der Waals surface area (Å²) in [7, 11) is 1.65. The number of ether oxygens (including phenoxy) is 2. The third-order valence-electron chi connectivity index (χ3n) is 3.22. The van der Waals surface area contributed by atoms with Crippen LogP contribution in [0.3, 0.4) is 0 Å². The molecule has 2 aromatic rings. The second-order valence-electron chi connectivity index (χ2n) is 5.35. The van der Waals surface area contributed by atoms with E-state index in [1.807, 2.05) is 31.2 Å². The van der Waals surface area contributed by atoms with Gasteiger partial charge in [-0.3, -0.25) is 0 Å². The van der Waals surface area contributed by atoms with Crippen LogP contribution < -0.4 is 14.8 Å². The average Bonchev–Trinajstić information content (AvgIpc) is 2.91. The Kier molecular flexibility index (Phi) is 5.28. The van der Waals surface area contributed by atoms with Gasteiger partial charge in [-0.25, -0.2) is 0 Å². The molecule has 0 atom stereocenters. The highest BCUT2D eigenvalue weighted by molar-refractivity contribution is 5.42. The number of nitrogens with one attached hydrogen (secondary N) is 1. The molecule has 0 radical (unpaired) electrons. The predicted octanol–water partition coefficient (Wildman–Crippen LogP) is 3.67. The fraction of sp³-hybridized carbons (Fsp3) is 0.412. The van der Waals surface area contributed by atoms with Crippen molar-refractivity contribution in [2.75, 3.05) is 7.11 Å². The molecule has 21 heavy (non-hydrogen) atoms. The molecule has 0 amide bonds. The van der Waals surface area contributed by atoms with Crippen LogP contribution >= 0.6 is 0 Å². The lowest BCUT2D eigenvalue weighted by molar-refractivity contribution is 0.254. The Balaban J connectivity index is 2.02. The quantitative estimate of drug-likeness (QED) is 0.844. The van der Waals surface area contributed by atoms with Crippen molar-refractivity contribution in [2.45, 2.75) is 40.0 Å². The zero-order valence-electron chi connectivity index (χ0n) is 13.1. The molecule has 4 heteroatoms. The smallest absolute Gasteiger partial charge is 0.161 e. The maximum Gasteiger partial charge on any atom is 0.161 e. The van der Waals surface area contributed by atoms with Crippen LogP contribution in [-0.4, -0.2) is 13.2 Å². The van der Waals surface area contributed by atoms with E-state index in [1.165, 1.54) is 0 Å². The predicted molar refractivity (Wildman–Crippen MR) is 82.7 cm³/mol. The van der Waals surface area contributed by atoms with Crippen LogP contribution in [0.1, 0.15) is 30.7 Å². The SMILES string of the molecule is COc1cc(C)ccc1OCc1occc1CNC(C)C. The lowest BCUT2D eigenvalue weighted by Gasteiger charge is -2.12. The average molecular weight is 289 g/mol. The van der Waals surface area contributed by atoms with Gasteiger partial charge in [0.05, 0.1) is 13.4 Å². The number of furan rings is 1. The van der Waals surface area contributed by atoms with Crippen LogP contribution in [0.25, 0.3) is 0 Å². The Morgan fingerprint density at radius 3 is 2.71 bits per heavy atom. The van der Waals surface area contributed by atoms with Crippen LogP contribution in [0, 0.1) is 6.92 Å². The van der Waals surface area contributed by atoms with Gasteiger partial charge in [-0.05, 0) is 30.7 Å². The minimum absolute atomic E-state index is 0.390. The summed E-state index contributed by atoms with van der Waals surface area (Å²) in [6, 6.07) is 8.29. The van der Waals surface area contributed by atoms with Crippen molar-refractivity contribution in [3.05, 3.63) is 47.4 Å². The Morgan fingerprint density at radius 1 is 1.19 bits per heavy atom. The molecule has 0 unspecified atom stereocenters. The Morgan fingerprint density at radius 2 is 2.00 bits per heavy atom. The Labute approximate surface area is 126 Å². The summed E-state index contributed by atoms with van der Waals surface area (Å²) in [4.78, 5) is 0. The van der Waals surface area contributed by atoms with Gasteiger partial charge in [-0.2, -0.15) is 0 Å². The maximum atomic E-state index is 5.83. The molecule has 1 aromatic carbocycles. The van der Waals surface area contributed by atoms with Gasteiger partial charge in [0.1, 0.15) is 12.4 Å². The van der Waals surface area contributed by atoms with E-state index in [9.17, 15) is 0 Å². The Bertz CT molecular complexity index is 575. The van der Waals surface area contributed by atoms with E-state index < -0.39 is 0 Å². The zero-order chi connectivity index (χ0) is 15.2.